The fourth-order valence-electron chi connectivity index (χ4n) is 2.49. The fraction of sp³-hybridized carbons (Fsp3) is 0.368. The third kappa shape index (κ3) is 5.01. The van der Waals surface area contributed by atoms with Crippen molar-refractivity contribution in [3.63, 3.8) is 0 Å². The number of aryl methyl sites for hydroxylation is 1. The van der Waals surface area contributed by atoms with Crippen molar-refractivity contribution in [3.8, 4) is 6.07 Å². The molecule has 0 saturated heterocycles. The average molecular weight is 337 g/mol. The standard InChI is InChI=1S/C19H23N5O/c1-4-10-24(11-5-2)19-21-14(3)12-17(23-19)18(25)22-16-8-6-15(13-20)7-9-16/h6-9,12H,4-5,10-11H2,1-3H3,(H,22,25). The van der Waals surface area contributed by atoms with Gasteiger partial charge in [-0.1, -0.05) is 13.8 Å². The predicted molar refractivity (Wildman–Crippen MR) is 98.7 cm³/mol. The van der Waals surface area contributed by atoms with E-state index < -0.39 is 0 Å². The second-order valence-electron chi connectivity index (χ2n) is 5.82. The first-order chi connectivity index (χ1) is 12.1. The summed E-state index contributed by atoms with van der Waals surface area (Å²) in [6, 6.07) is 10.5. The van der Waals surface area contributed by atoms with E-state index in [4.69, 9.17) is 5.26 Å². The number of carbonyl (C=O) groups is 1. The molecule has 1 heterocycles. The van der Waals surface area contributed by atoms with Crippen LogP contribution < -0.4 is 10.2 Å². The molecule has 0 radical (unpaired) electrons. The monoisotopic (exact) mass is 337 g/mol. The topological polar surface area (TPSA) is 81.9 Å². The van der Waals surface area contributed by atoms with Gasteiger partial charge in [-0.3, -0.25) is 4.79 Å². The summed E-state index contributed by atoms with van der Waals surface area (Å²) >= 11 is 0. The molecule has 2 rings (SSSR count). The number of anilines is 2. The van der Waals surface area contributed by atoms with Crippen molar-refractivity contribution in [2.45, 2.75) is 33.6 Å². The molecule has 1 aromatic heterocycles. The molecule has 25 heavy (non-hydrogen) atoms. The van der Waals surface area contributed by atoms with Gasteiger partial charge in [-0.05, 0) is 50.1 Å². The van der Waals surface area contributed by atoms with Crippen molar-refractivity contribution in [3.05, 3.63) is 47.3 Å². The zero-order chi connectivity index (χ0) is 18.2. The lowest BCUT2D eigenvalue weighted by Crippen LogP contribution is -2.28. The summed E-state index contributed by atoms with van der Waals surface area (Å²) in [6.45, 7) is 7.79. The Balaban J connectivity index is 2.22. The Bertz CT molecular complexity index is 758. The minimum Gasteiger partial charge on any atom is -0.341 e. The van der Waals surface area contributed by atoms with Gasteiger partial charge in [0.05, 0.1) is 11.6 Å². The highest BCUT2D eigenvalue weighted by Gasteiger charge is 2.14. The van der Waals surface area contributed by atoms with Gasteiger partial charge in [0.1, 0.15) is 5.69 Å². The molecule has 1 amide bonds. The highest BCUT2D eigenvalue weighted by molar-refractivity contribution is 6.03. The van der Waals surface area contributed by atoms with Crippen molar-refractivity contribution >= 4 is 17.5 Å². The maximum atomic E-state index is 12.5. The van der Waals surface area contributed by atoms with E-state index in [0.29, 0.717) is 22.9 Å². The van der Waals surface area contributed by atoms with E-state index in [1.807, 2.05) is 6.92 Å². The molecule has 0 spiro atoms. The smallest absolute Gasteiger partial charge is 0.274 e. The number of carbonyl (C=O) groups excluding carboxylic acids is 1. The van der Waals surface area contributed by atoms with Crippen LogP contribution in [0, 0.1) is 18.3 Å². The molecule has 0 saturated carbocycles. The molecule has 0 bridgehead atoms. The Hall–Kier alpha value is -2.94. The van der Waals surface area contributed by atoms with Gasteiger partial charge in [-0.15, -0.1) is 0 Å². The largest absolute Gasteiger partial charge is 0.341 e. The second-order valence-corrected chi connectivity index (χ2v) is 5.82. The number of amides is 1. The lowest BCUT2D eigenvalue weighted by molar-refractivity contribution is 0.102. The number of hydrogen-bond acceptors (Lipinski definition) is 5. The normalized spacial score (nSPS) is 10.2. The summed E-state index contributed by atoms with van der Waals surface area (Å²) < 4.78 is 0. The van der Waals surface area contributed by atoms with Crippen LogP contribution in [-0.2, 0) is 0 Å². The minimum absolute atomic E-state index is 0.288. The Morgan fingerprint density at radius 2 is 1.80 bits per heavy atom. The van der Waals surface area contributed by atoms with Crippen LogP contribution in [0.4, 0.5) is 11.6 Å². The van der Waals surface area contributed by atoms with E-state index in [0.717, 1.165) is 31.6 Å². The first-order valence-corrected chi connectivity index (χ1v) is 8.49. The SMILES string of the molecule is CCCN(CCC)c1nc(C)cc(C(=O)Nc2ccc(C#N)cc2)n1. The maximum absolute atomic E-state index is 12.5. The van der Waals surface area contributed by atoms with Crippen molar-refractivity contribution in [2.24, 2.45) is 0 Å². The summed E-state index contributed by atoms with van der Waals surface area (Å²) in [5.74, 6) is 0.304. The Kier molecular flexibility index (Phi) is 6.47. The Morgan fingerprint density at radius 1 is 1.16 bits per heavy atom. The summed E-state index contributed by atoms with van der Waals surface area (Å²) in [7, 11) is 0. The zero-order valence-corrected chi connectivity index (χ0v) is 14.9. The van der Waals surface area contributed by atoms with E-state index in [9.17, 15) is 4.79 Å². The van der Waals surface area contributed by atoms with Gasteiger partial charge in [0, 0.05) is 24.5 Å². The number of nitriles is 1. The van der Waals surface area contributed by atoms with Gasteiger partial charge < -0.3 is 10.2 Å². The molecule has 0 aliphatic rings. The highest BCUT2D eigenvalue weighted by Crippen LogP contribution is 2.14. The molecular weight excluding hydrogens is 314 g/mol. The molecule has 0 atom stereocenters. The zero-order valence-electron chi connectivity index (χ0n) is 14.9. The van der Waals surface area contributed by atoms with Crippen LogP contribution in [0.15, 0.2) is 30.3 Å². The maximum Gasteiger partial charge on any atom is 0.274 e. The van der Waals surface area contributed by atoms with E-state index in [1.165, 1.54) is 0 Å². The number of aromatic nitrogens is 2. The third-order valence-corrected chi connectivity index (χ3v) is 3.62. The van der Waals surface area contributed by atoms with E-state index in [2.05, 4.69) is 40.1 Å². The van der Waals surface area contributed by atoms with Crippen LogP contribution in [0.3, 0.4) is 0 Å². The molecule has 0 aliphatic carbocycles. The lowest BCUT2D eigenvalue weighted by atomic mass is 10.2. The van der Waals surface area contributed by atoms with Gasteiger partial charge in [0.2, 0.25) is 5.95 Å². The van der Waals surface area contributed by atoms with Gasteiger partial charge >= 0.3 is 0 Å². The molecule has 0 aliphatic heterocycles. The van der Waals surface area contributed by atoms with Gasteiger partial charge in [0.25, 0.3) is 5.91 Å². The van der Waals surface area contributed by atoms with E-state index in [-0.39, 0.29) is 5.91 Å². The molecule has 1 N–H and O–H groups in total. The van der Waals surface area contributed by atoms with Gasteiger partial charge in [-0.25, -0.2) is 9.97 Å². The molecule has 6 nitrogen and oxygen atoms in total. The number of nitrogens with zero attached hydrogens (tertiary/aromatic N) is 4. The molecule has 2 aromatic rings. The minimum atomic E-state index is -0.288. The molecule has 130 valence electrons. The van der Waals surface area contributed by atoms with Crippen molar-refractivity contribution in [2.75, 3.05) is 23.3 Å². The summed E-state index contributed by atoms with van der Waals surface area (Å²) in [5.41, 5.74) is 2.27. The van der Waals surface area contributed by atoms with Crippen molar-refractivity contribution in [1.29, 1.82) is 5.26 Å². The molecular formula is C19H23N5O. The number of nitrogens with one attached hydrogen (secondary N) is 1. The van der Waals surface area contributed by atoms with E-state index >= 15 is 0 Å². The Labute approximate surface area is 148 Å². The Morgan fingerprint density at radius 3 is 2.36 bits per heavy atom. The number of rotatable bonds is 7. The van der Waals surface area contributed by atoms with Crippen LogP contribution in [0.2, 0.25) is 0 Å². The van der Waals surface area contributed by atoms with Crippen LogP contribution >= 0.6 is 0 Å². The fourth-order valence-corrected chi connectivity index (χ4v) is 2.49. The van der Waals surface area contributed by atoms with E-state index in [1.54, 1.807) is 30.3 Å². The predicted octanol–water partition coefficient (Wildman–Crippen LogP) is 3.54. The van der Waals surface area contributed by atoms with Crippen molar-refractivity contribution in [1.82, 2.24) is 9.97 Å². The van der Waals surface area contributed by atoms with Crippen LogP contribution in [-0.4, -0.2) is 29.0 Å². The molecule has 0 fully saturated rings. The lowest BCUT2D eigenvalue weighted by Gasteiger charge is -2.22. The van der Waals surface area contributed by atoms with Crippen LogP contribution in [0.1, 0.15) is 48.4 Å². The number of hydrogen-bond donors (Lipinski definition) is 1. The van der Waals surface area contributed by atoms with Crippen LogP contribution in [0.5, 0.6) is 0 Å². The van der Waals surface area contributed by atoms with Crippen LogP contribution in [0.25, 0.3) is 0 Å². The average Bonchev–Trinajstić information content (AvgIpc) is 2.61. The molecule has 6 heteroatoms. The quantitative estimate of drug-likeness (QED) is 0.835. The summed E-state index contributed by atoms with van der Waals surface area (Å²) in [5, 5.41) is 11.6. The first kappa shape index (κ1) is 18.4. The molecule has 0 unspecified atom stereocenters. The molecule has 1 aromatic carbocycles. The highest BCUT2D eigenvalue weighted by atomic mass is 16.1. The van der Waals surface area contributed by atoms with Crippen molar-refractivity contribution < 1.29 is 4.79 Å². The third-order valence-electron chi connectivity index (χ3n) is 3.62. The van der Waals surface area contributed by atoms with Gasteiger partial charge in [-0.2, -0.15) is 5.26 Å². The first-order valence-electron chi connectivity index (χ1n) is 8.49. The second kappa shape index (κ2) is 8.78. The summed E-state index contributed by atoms with van der Waals surface area (Å²) in [6.07, 6.45) is 1.98. The summed E-state index contributed by atoms with van der Waals surface area (Å²) in [4.78, 5) is 23.6. The van der Waals surface area contributed by atoms with Gasteiger partial charge in [0.15, 0.2) is 0 Å². The number of benzene rings is 1.